The maximum absolute atomic E-state index is 10.7. The molecule has 0 aliphatic heterocycles. The van der Waals surface area contributed by atoms with Crippen LogP contribution in [0.1, 0.15) is 31.7 Å². The molecule has 1 atom stereocenters. The fraction of sp³-hybridized carbons (Fsp3) is 0.471. The average Bonchev–Trinajstić information content (AvgIpc) is 2.86. The predicted molar refractivity (Wildman–Crippen MR) is 83.5 cm³/mol. The first-order valence-electron chi connectivity index (χ1n) is 7.39. The van der Waals surface area contributed by atoms with E-state index in [0.29, 0.717) is 12.8 Å². The first-order chi connectivity index (χ1) is 10.0. The van der Waals surface area contributed by atoms with E-state index >= 15 is 0 Å². The molecule has 0 radical (unpaired) electrons. The van der Waals surface area contributed by atoms with Crippen molar-refractivity contribution < 1.29 is 9.84 Å². The van der Waals surface area contributed by atoms with Crippen molar-refractivity contribution in [2.75, 3.05) is 7.11 Å². The molecule has 1 aromatic heterocycles. The van der Waals surface area contributed by atoms with E-state index in [-0.39, 0.29) is 0 Å². The summed E-state index contributed by atoms with van der Waals surface area (Å²) in [6.45, 7) is 4.94. The lowest BCUT2D eigenvalue weighted by Crippen LogP contribution is -2.31. The Labute approximate surface area is 126 Å². The minimum absolute atomic E-state index is 0.548. The molecule has 1 unspecified atom stereocenters. The number of benzene rings is 1. The monoisotopic (exact) mass is 288 g/mol. The molecule has 0 bridgehead atoms. The van der Waals surface area contributed by atoms with Crippen LogP contribution >= 0.6 is 0 Å². The van der Waals surface area contributed by atoms with Crippen molar-refractivity contribution in [3.05, 3.63) is 48.0 Å². The Bertz CT molecular complexity index is 558. The van der Waals surface area contributed by atoms with Crippen molar-refractivity contribution in [1.82, 2.24) is 9.55 Å². The highest BCUT2D eigenvalue weighted by Gasteiger charge is 2.24. The maximum Gasteiger partial charge on any atom is 0.118 e. The first-order valence-corrected chi connectivity index (χ1v) is 7.39. The molecule has 1 heterocycles. The van der Waals surface area contributed by atoms with Crippen molar-refractivity contribution >= 4 is 0 Å². The minimum atomic E-state index is -0.814. The third-order valence-corrected chi connectivity index (χ3v) is 3.55. The van der Waals surface area contributed by atoms with Crippen LogP contribution in [0.3, 0.4) is 0 Å². The summed E-state index contributed by atoms with van der Waals surface area (Å²) in [5.41, 5.74) is 0.278. The lowest BCUT2D eigenvalue weighted by molar-refractivity contribution is 0.0578. The van der Waals surface area contributed by atoms with Gasteiger partial charge in [-0.15, -0.1) is 0 Å². The van der Waals surface area contributed by atoms with Gasteiger partial charge in [0, 0.05) is 31.8 Å². The van der Waals surface area contributed by atoms with Gasteiger partial charge in [-0.2, -0.15) is 0 Å². The number of hydrogen-bond donors (Lipinski definition) is 1. The number of methoxy groups -OCH3 is 1. The van der Waals surface area contributed by atoms with Gasteiger partial charge >= 0.3 is 0 Å². The molecule has 4 nitrogen and oxygen atoms in total. The standard InChI is InChI=1S/C17H24N2O2/c1-4-10-19-11-9-18-16(19)13-17(2,20)12-14-5-7-15(21-3)8-6-14/h5-9,11,20H,4,10,12-13H2,1-3H3. The van der Waals surface area contributed by atoms with Gasteiger partial charge in [0.15, 0.2) is 0 Å². The summed E-state index contributed by atoms with van der Waals surface area (Å²) < 4.78 is 7.26. The van der Waals surface area contributed by atoms with Gasteiger partial charge in [-0.1, -0.05) is 19.1 Å². The molecule has 1 aromatic carbocycles. The molecule has 1 N–H and O–H groups in total. The van der Waals surface area contributed by atoms with E-state index in [9.17, 15) is 5.11 Å². The Morgan fingerprint density at radius 1 is 1.24 bits per heavy atom. The second-order valence-corrected chi connectivity index (χ2v) is 5.74. The van der Waals surface area contributed by atoms with Gasteiger partial charge in [-0.3, -0.25) is 0 Å². The summed E-state index contributed by atoms with van der Waals surface area (Å²) in [7, 11) is 1.65. The van der Waals surface area contributed by atoms with Crippen LogP contribution in [0.15, 0.2) is 36.7 Å². The number of aromatic nitrogens is 2. The van der Waals surface area contributed by atoms with Crippen molar-refractivity contribution in [3.8, 4) is 5.75 Å². The summed E-state index contributed by atoms with van der Waals surface area (Å²) in [6.07, 6.45) is 5.97. The number of rotatable bonds is 7. The number of hydrogen-bond acceptors (Lipinski definition) is 3. The van der Waals surface area contributed by atoms with Gasteiger partial charge in [0.1, 0.15) is 11.6 Å². The Morgan fingerprint density at radius 2 is 1.95 bits per heavy atom. The maximum atomic E-state index is 10.7. The molecule has 0 fully saturated rings. The lowest BCUT2D eigenvalue weighted by atomic mass is 9.93. The summed E-state index contributed by atoms with van der Waals surface area (Å²) in [4.78, 5) is 4.37. The summed E-state index contributed by atoms with van der Waals surface area (Å²) in [5.74, 6) is 1.77. The first kappa shape index (κ1) is 15.6. The van der Waals surface area contributed by atoms with Crippen LogP contribution in [0, 0.1) is 0 Å². The number of aliphatic hydroxyl groups is 1. The molecular weight excluding hydrogens is 264 g/mol. The van der Waals surface area contributed by atoms with Crippen LogP contribution in [-0.4, -0.2) is 27.4 Å². The third kappa shape index (κ3) is 4.33. The van der Waals surface area contributed by atoms with E-state index in [1.165, 1.54) is 0 Å². The zero-order valence-electron chi connectivity index (χ0n) is 13.0. The van der Waals surface area contributed by atoms with E-state index in [1.54, 1.807) is 13.3 Å². The molecular formula is C17H24N2O2. The van der Waals surface area contributed by atoms with Crippen LogP contribution in [0.2, 0.25) is 0 Å². The zero-order chi connectivity index (χ0) is 15.3. The fourth-order valence-corrected chi connectivity index (χ4v) is 2.54. The molecule has 0 spiro atoms. The minimum Gasteiger partial charge on any atom is -0.497 e. The molecule has 21 heavy (non-hydrogen) atoms. The Hall–Kier alpha value is -1.81. The molecule has 0 amide bonds. The van der Waals surface area contributed by atoms with Gasteiger partial charge in [0.05, 0.1) is 12.7 Å². The number of imidazole rings is 1. The third-order valence-electron chi connectivity index (χ3n) is 3.55. The number of aryl methyl sites for hydroxylation is 1. The molecule has 0 saturated carbocycles. The molecule has 0 saturated heterocycles. The quantitative estimate of drug-likeness (QED) is 0.852. The van der Waals surface area contributed by atoms with Gasteiger partial charge in [-0.05, 0) is 31.0 Å². The predicted octanol–water partition coefficient (Wildman–Crippen LogP) is 2.84. The van der Waals surface area contributed by atoms with Crippen molar-refractivity contribution in [1.29, 1.82) is 0 Å². The molecule has 114 valence electrons. The fourth-order valence-electron chi connectivity index (χ4n) is 2.54. The summed E-state index contributed by atoms with van der Waals surface area (Å²) in [5, 5.41) is 10.7. The van der Waals surface area contributed by atoms with E-state index < -0.39 is 5.60 Å². The van der Waals surface area contributed by atoms with E-state index in [4.69, 9.17) is 4.74 Å². The van der Waals surface area contributed by atoms with Crippen molar-refractivity contribution in [2.24, 2.45) is 0 Å². The molecule has 0 aliphatic rings. The summed E-state index contributed by atoms with van der Waals surface area (Å²) >= 11 is 0. The average molecular weight is 288 g/mol. The van der Waals surface area contributed by atoms with E-state index in [2.05, 4.69) is 16.5 Å². The Morgan fingerprint density at radius 3 is 2.57 bits per heavy atom. The van der Waals surface area contributed by atoms with Gasteiger partial charge < -0.3 is 14.4 Å². The zero-order valence-corrected chi connectivity index (χ0v) is 13.0. The van der Waals surface area contributed by atoms with Crippen molar-refractivity contribution in [3.63, 3.8) is 0 Å². The molecule has 2 aromatic rings. The van der Waals surface area contributed by atoms with Crippen molar-refractivity contribution in [2.45, 2.75) is 45.3 Å². The SMILES string of the molecule is CCCn1ccnc1CC(C)(O)Cc1ccc(OC)cc1. The number of nitrogens with zero attached hydrogens (tertiary/aromatic N) is 2. The second kappa shape index (κ2) is 6.76. The highest BCUT2D eigenvalue weighted by Crippen LogP contribution is 2.20. The Balaban J connectivity index is 2.04. The van der Waals surface area contributed by atoms with E-state index in [1.807, 2.05) is 37.4 Å². The molecule has 0 aliphatic carbocycles. The van der Waals surface area contributed by atoms with E-state index in [0.717, 1.165) is 30.1 Å². The highest BCUT2D eigenvalue weighted by molar-refractivity contribution is 5.28. The molecule has 4 heteroatoms. The lowest BCUT2D eigenvalue weighted by Gasteiger charge is -2.23. The van der Waals surface area contributed by atoms with Gasteiger partial charge in [0.25, 0.3) is 0 Å². The van der Waals surface area contributed by atoms with Crippen LogP contribution in [0.4, 0.5) is 0 Å². The summed E-state index contributed by atoms with van der Waals surface area (Å²) in [6, 6.07) is 7.82. The van der Waals surface area contributed by atoms with Gasteiger partial charge in [-0.25, -0.2) is 4.98 Å². The molecule has 2 rings (SSSR count). The Kier molecular flexibility index (Phi) is 5.02. The highest BCUT2D eigenvalue weighted by atomic mass is 16.5. The topological polar surface area (TPSA) is 47.3 Å². The second-order valence-electron chi connectivity index (χ2n) is 5.74. The largest absolute Gasteiger partial charge is 0.497 e. The van der Waals surface area contributed by atoms with Crippen LogP contribution in [-0.2, 0) is 19.4 Å². The van der Waals surface area contributed by atoms with Crippen LogP contribution in [0.5, 0.6) is 5.75 Å². The smallest absolute Gasteiger partial charge is 0.118 e. The number of ether oxygens (including phenoxy) is 1. The normalized spacial score (nSPS) is 13.9. The van der Waals surface area contributed by atoms with Gasteiger partial charge in [0.2, 0.25) is 0 Å². The van der Waals surface area contributed by atoms with Crippen LogP contribution < -0.4 is 4.74 Å². The van der Waals surface area contributed by atoms with Crippen LogP contribution in [0.25, 0.3) is 0 Å².